The molecule has 2 N–H and O–H groups in total. The summed E-state index contributed by atoms with van der Waals surface area (Å²) in [6.07, 6.45) is 0. The summed E-state index contributed by atoms with van der Waals surface area (Å²) in [6, 6.07) is 22.1. The van der Waals surface area contributed by atoms with E-state index in [4.69, 9.17) is 21.4 Å². The van der Waals surface area contributed by atoms with Crippen LogP contribution in [0.4, 0.5) is 5.69 Å². The molecule has 4 nitrogen and oxygen atoms in total. The molecule has 5 heteroatoms. The van der Waals surface area contributed by atoms with E-state index < -0.39 is 5.97 Å². The molecule has 0 unspecified atom stereocenters. The number of benzene rings is 3. The first kappa shape index (κ1) is 17.8. The average Bonchev–Trinajstić information content (AvgIpc) is 2.66. The van der Waals surface area contributed by atoms with Gasteiger partial charge in [-0.05, 0) is 42.0 Å². The Kier molecular flexibility index (Phi) is 5.77. The third-order valence-corrected chi connectivity index (χ3v) is 4.09. The van der Waals surface area contributed by atoms with Crippen LogP contribution >= 0.6 is 11.6 Å². The summed E-state index contributed by atoms with van der Waals surface area (Å²) in [4.78, 5) is 11.1. The second-order valence-corrected chi connectivity index (χ2v) is 6.20. The predicted octanol–water partition coefficient (Wildman–Crippen LogP) is 5.23. The minimum absolute atomic E-state index is 0.238. The molecule has 3 aromatic rings. The third-order valence-electron chi connectivity index (χ3n) is 3.85. The van der Waals surface area contributed by atoms with E-state index in [9.17, 15) is 4.79 Å². The molecule has 0 spiro atoms. The molecule has 0 aromatic heterocycles. The number of ether oxygens (including phenoxy) is 1. The number of hydrogen-bond donors (Lipinski definition) is 2. The standard InChI is InChI=1S/C21H18ClNO3/c22-18-9-10-20(26-14-15-5-2-1-3-6-15)17(11-18)13-23-19-8-4-7-16(12-19)21(24)25/h1-12,23H,13-14H2,(H,24,25). The Bertz CT molecular complexity index is 897. The van der Waals surface area contributed by atoms with Gasteiger partial charge >= 0.3 is 5.97 Å². The molecule has 0 amide bonds. The van der Waals surface area contributed by atoms with Crippen molar-refractivity contribution in [1.82, 2.24) is 0 Å². The van der Waals surface area contributed by atoms with Gasteiger partial charge in [-0.3, -0.25) is 0 Å². The van der Waals surface area contributed by atoms with E-state index >= 15 is 0 Å². The van der Waals surface area contributed by atoms with Crippen molar-refractivity contribution in [2.24, 2.45) is 0 Å². The van der Waals surface area contributed by atoms with Gasteiger partial charge in [-0.25, -0.2) is 4.79 Å². The van der Waals surface area contributed by atoms with Crippen LogP contribution in [0.3, 0.4) is 0 Å². The van der Waals surface area contributed by atoms with Gasteiger partial charge < -0.3 is 15.2 Å². The normalized spacial score (nSPS) is 10.3. The quantitative estimate of drug-likeness (QED) is 0.600. The Balaban J connectivity index is 1.71. The molecule has 0 saturated carbocycles. The van der Waals surface area contributed by atoms with E-state index in [0.717, 1.165) is 22.6 Å². The van der Waals surface area contributed by atoms with Gasteiger partial charge in [0.05, 0.1) is 5.56 Å². The molecule has 0 saturated heterocycles. The predicted molar refractivity (Wildman–Crippen MR) is 103 cm³/mol. The van der Waals surface area contributed by atoms with E-state index in [1.54, 1.807) is 24.3 Å². The summed E-state index contributed by atoms with van der Waals surface area (Å²) >= 11 is 6.12. The van der Waals surface area contributed by atoms with Gasteiger partial charge in [0, 0.05) is 22.8 Å². The first-order chi connectivity index (χ1) is 12.6. The Morgan fingerprint density at radius 3 is 2.58 bits per heavy atom. The second-order valence-electron chi connectivity index (χ2n) is 5.77. The molecule has 0 radical (unpaired) electrons. The fraction of sp³-hybridized carbons (Fsp3) is 0.0952. The van der Waals surface area contributed by atoms with Gasteiger partial charge in [0.2, 0.25) is 0 Å². The van der Waals surface area contributed by atoms with Crippen LogP contribution < -0.4 is 10.1 Å². The van der Waals surface area contributed by atoms with Gasteiger partial charge in [0.25, 0.3) is 0 Å². The number of carboxylic acids is 1. The number of hydrogen-bond acceptors (Lipinski definition) is 3. The lowest BCUT2D eigenvalue weighted by atomic mass is 10.1. The molecule has 0 aliphatic rings. The number of halogens is 1. The second kappa shape index (κ2) is 8.41. The Hall–Kier alpha value is -2.98. The van der Waals surface area contributed by atoms with Crippen LogP contribution in [-0.4, -0.2) is 11.1 Å². The zero-order valence-electron chi connectivity index (χ0n) is 14.0. The molecule has 3 rings (SSSR count). The first-order valence-corrected chi connectivity index (χ1v) is 8.52. The van der Waals surface area contributed by atoms with E-state index in [1.807, 2.05) is 48.5 Å². The van der Waals surface area contributed by atoms with Crippen LogP contribution in [0.15, 0.2) is 72.8 Å². The monoisotopic (exact) mass is 367 g/mol. The summed E-state index contributed by atoms with van der Waals surface area (Å²) < 4.78 is 5.94. The highest BCUT2D eigenvalue weighted by molar-refractivity contribution is 6.30. The maximum absolute atomic E-state index is 11.1. The summed E-state index contributed by atoms with van der Waals surface area (Å²) in [5.41, 5.74) is 2.94. The molecule has 132 valence electrons. The van der Waals surface area contributed by atoms with Crippen molar-refractivity contribution >= 4 is 23.3 Å². The topological polar surface area (TPSA) is 58.6 Å². The van der Waals surface area contributed by atoms with Gasteiger partial charge in [-0.15, -0.1) is 0 Å². The molecule has 0 atom stereocenters. The smallest absolute Gasteiger partial charge is 0.335 e. The Morgan fingerprint density at radius 2 is 1.81 bits per heavy atom. The van der Waals surface area contributed by atoms with Gasteiger partial charge in [0.1, 0.15) is 12.4 Å². The van der Waals surface area contributed by atoms with Crippen molar-refractivity contribution in [2.45, 2.75) is 13.2 Å². The lowest BCUT2D eigenvalue weighted by molar-refractivity contribution is 0.0697. The number of anilines is 1. The fourth-order valence-electron chi connectivity index (χ4n) is 2.52. The van der Waals surface area contributed by atoms with Crippen molar-refractivity contribution in [3.8, 4) is 5.75 Å². The molecule has 0 fully saturated rings. The SMILES string of the molecule is O=C(O)c1cccc(NCc2cc(Cl)ccc2OCc2ccccc2)c1. The highest BCUT2D eigenvalue weighted by atomic mass is 35.5. The number of carboxylic acid groups (broad SMARTS) is 1. The van der Waals surface area contributed by atoms with Crippen LogP contribution in [-0.2, 0) is 13.2 Å². The van der Waals surface area contributed by atoms with Gasteiger partial charge in [-0.2, -0.15) is 0 Å². The van der Waals surface area contributed by atoms with Crippen molar-refractivity contribution in [2.75, 3.05) is 5.32 Å². The Labute approximate surface area is 157 Å². The molecule has 26 heavy (non-hydrogen) atoms. The minimum Gasteiger partial charge on any atom is -0.489 e. The summed E-state index contributed by atoms with van der Waals surface area (Å²) in [7, 11) is 0. The molecule has 0 aliphatic heterocycles. The molecular weight excluding hydrogens is 350 g/mol. The zero-order valence-corrected chi connectivity index (χ0v) is 14.7. The van der Waals surface area contributed by atoms with Gasteiger partial charge in [-0.1, -0.05) is 48.0 Å². The van der Waals surface area contributed by atoms with Crippen LogP contribution in [0.5, 0.6) is 5.75 Å². The number of aromatic carboxylic acids is 1. The Morgan fingerprint density at radius 1 is 1.00 bits per heavy atom. The zero-order chi connectivity index (χ0) is 18.4. The van der Waals surface area contributed by atoms with E-state index in [0.29, 0.717) is 18.2 Å². The highest BCUT2D eigenvalue weighted by Crippen LogP contribution is 2.25. The maximum Gasteiger partial charge on any atom is 0.335 e. The first-order valence-electron chi connectivity index (χ1n) is 8.14. The molecule has 3 aromatic carbocycles. The van der Waals surface area contributed by atoms with E-state index in [-0.39, 0.29) is 5.56 Å². The number of nitrogens with one attached hydrogen (secondary N) is 1. The molecule has 0 aliphatic carbocycles. The van der Waals surface area contributed by atoms with E-state index in [1.165, 1.54) is 0 Å². The van der Waals surface area contributed by atoms with Crippen molar-refractivity contribution < 1.29 is 14.6 Å². The summed E-state index contributed by atoms with van der Waals surface area (Å²) in [5, 5.41) is 12.9. The van der Waals surface area contributed by atoms with Crippen LogP contribution in [0.25, 0.3) is 0 Å². The van der Waals surface area contributed by atoms with Crippen LogP contribution in [0, 0.1) is 0 Å². The van der Waals surface area contributed by atoms with Crippen molar-refractivity contribution in [3.05, 3.63) is 94.5 Å². The summed E-state index contributed by atoms with van der Waals surface area (Å²) in [5.74, 6) is -0.219. The lowest BCUT2D eigenvalue weighted by Gasteiger charge is -2.14. The van der Waals surface area contributed by atoms with Gasteiger partial charge in [0.15, 0.2) is 0 Å². The van der Waals surface area contributed by atoms with Crippen molar-refractivity contribution in [1.29, 1.82) is 0 Å². The third kappa shape index (κ3) is 4.77. The number of rotatable bonds is 7. The maximum atomic E-state index is 11.1. The lowest BCUT2D eigenvalue weighted by Crippen LogP contribution is -2.05. The average molecular weight is 368 g/mol. The molecular formula is C21H18ClNO3. The van der Waals surface area contributed by atoms with E-state index in [2.05, 4.69) is 5.32 Å². The van der Waals surface area contributed by atoms with Crippen LogP contribution in [0.1, 0.15) is 21.5 Å². The van der Waals surface area contributed by atoms with Crippen LogP contribution in [0.2, 0.25) is 5.02 Å². The minimum atomic E-state index is -0.955. The molecule has 0 bridgehead atoms. The summed E-state index contributed by atoms with van der Waals surface area (Å²) in [6.45, 7) is 0.928. The van der Waals surface area contributed by atoms with Crippen molar-refractivity contribution in [3.63, 3.8) is 0 Å². The largest absolute Gasteiger partial charge is 0.489 e. The number of carbonyl (C=O) groups is 1. The molecule has 0 heterocycles. The highest BCUT2D eigenvalue weighted by Gasteiger charge is 2.07. The fourth-order valence-corrected chi connectivity index (χ4v) is 2.72.